The first kappa shape index (κ1) is 22.1. The molecule has 0 aliphatic heterocycles. The average Bonchev–Trinajstić information content (AvgIpc) is 3.32. The maximum Gasteiger partial charge on any atom is 0.434 e. The Bertz CT molecular complexity index is 1210. The van der Waals surface area contributed by atoms with E-state index >= 15 is 0 Å². The van der Waals surface area contributed by atoms with E-state index in [0.717, 1.165) is 35.1 Å². The van der Waals surface area contributed by atoms with Gasteiger partial charge in [0.05, 0.1) is 10.6 Å². The Morgan fingerprint density at radius 3 is 2.59 bits per heavy atom. The standard InChI is InChI=1S/C21H17ClF3N5OS/c22-15-5-4-13(9-14(15)18-29-16(10-32-18)21(23,24)25)28-19(31)30-20(6-7-20)12-3-1-2-11(8-12)17(26)27/h1-5,8-10H,6-7H2,(H3,26,27)(H2,28,30,31). The van der Waals surface area contributed by atoms with Crippen LogP contribution in [-0.4, -0.2) is 16.9 Å². The summed E-state index contributed by atoms with van der Waals surface area (Å²) in [4.78, 5) is 16.3. The normalized spacial score (nSPS) is 14.6. The first-order chi connectivity index (χ1) is 15.1. The Morgan fingerprint density at radius 1 is 1.22 bits per heavy atom. The number of aromatic nitrogens is 1. The number of carbonyl (C=O) groups excluding carboxylic acids is 1. The number of halogens is 4. The van der Waals surface area contributed by atoms with Crippen molar-refractivity contribution in [3.8, 4) is 10.6 Å². The smallest absolute Gasteiger partial charge is 0.384 e. The van der Waals surface area contributed by atoms with Crippen molar-refractivity contribution in [2.45, 2.75) is 24.6 Å². The number of carbonyl (C=O) groups is 1. The monoisotopic (exact) mass is 479 g/mol. The van der Waals surface area contributed by atoms with Crippen LogP contribution >= 0.6 is 22.9 Å². The first-order valence-corrected chi connectivity index (χ1v) is 10.7. The van der Waals surface area contributed by atoms with Crippen molar-refractivity contribution in [2.75, 3.05) is 5.32 Å². The fraction of sp³-hybridized carbons (Fsp3) is 0.190. The molecule has 1 aliphatic carbocycles. The molecule has 3 aromatic rings. The van der Waals surface area contributed by atoms with E-state index < -0.39 is 23.4 Å². The third-order valence-electron chi connectivity index (χ3n) is 5.08. The number of benzene rings is 2. The average molecular weight is 480 g/mol. The third kappa shape index (κ3) is 4.56. The van der Waals surface area contributed by atoms with Gasteiger partial charge in [0.15, 0.2) is 5.69 Å². The lowest BCUT2D eigenvalue weighted by molar-refractivity contribution is -0.140. The Hall–Kier alpha value is -3.11. The van der Waals surface area contributed by atoms with Gasteiger partial charge in [-0.15, -0.1) is 11.3 Å². The van der Waals surface area contributed by atoms with E-state index in [0.29, 0.717) is 16.8 Å². The number of alkyl halides is 3. The zero-order valence-electron chi connectivity index (χ0n) is 16.4. The zero-order valence-corrected chi connectivity index (χ0v) is 18.0. The second kappa shape index (κ2) is 8.10. The number of nitrogens with two attached hydrogens (primary N) is 1. The summed E-state index contributed by atoms with van der Waals surface area (Å²) in [5.41, 5.74) is 6.08. The van der Waals surface area contributed by atoms with Crippen LogP contribution in [0.15, 0.2) is 47.8 Å². The van der Waals surface area contributed by atoms with Crippen LogP contribution in [0.2, 0.25) is 5.02 Å². The fourth-order valence-electron chi connectivity index (χ4n) is 3.27. The van der Waals surface area contributed by atoms with E-state index in [1.165, 1.54) is 12.1 Å². The number of hydrogen-bond acceptors (Lipinski definition) is 4. The molecule has 2 amide bonds. The second-order valence-electron chi connectivity index (χ2n) is 7.39. The van der Waals surface area contributed by atoms with E-state index in [-0.39, 0.29) is 15.9 Å². The Morgan fingerprint density at radius 2 is 1.97 bits per heavy atom. The molecule has 5 N–H and O–H groups in total. The van der Waals surface area contributed by atoms with Crippen molar-refractivity contribution >= 4 is 40.5 Å². The number of nitrogens with zero attached hydrogens (tertiary/aromatic N) is 1. The van der Waals surface area contributed by atoms with Gasteiger partial charge in [0.25, 0.3) is 0 Å². The fourth-order valence-corrected chi connectivity index (χ4v) is 4.39. The van der Waals surface area contributed by atoms with E-state index in [4.69, 9.17) is 22.7 Å². The Kier molecular flexibility index (Phi) is 5.59. The van der Waals surface area contributed by atoms with E-state index in [1.54, 1.807) is 24.3 Å². The number of amidine groups is 1. The molecule has 0 spiro atoms. The van der Waals surface area contributed by atoms with Crippen LogP contribution in [0.5, 0.6) is 0 Å². The van der Waals surface area contributed by atoms with E-state index in [1.807, 2.05) is 6.07 Å². The number of urea groups is 1. The molecule has 2 aromatic carbocycles. The number of anilines is 1. The molecule has 0 saturated heterocycles. The van der Waals surface area contributed by atoms with Crippen LogP contribution in [0, 0.1) is 5.41 Å². The summed E-state index contributed by atoms with van der Waals surface area (Å²) < 4.78 is 38.6. The molecule has 1 aliphatic rings. The van der Waals surface area contributed by atoms with Crippen LogP contribution in [0.3, 0.4) is 0 Å². The number of hydrogen-bond donors (Lipinski definition) is 4. The van der Waals surface area contributed by atoms with Crippen molar-refractivity contribution in [1.29, 1.82) is 5.41 Å². The molecule has 32 heavy (non-hydrogen) atoms. The summed E-state index contributed by atoms with van der Waals surface area (Å²) in [6, 6.07) is 11.2. The van der Waals surface area contributed by atoms with Crippen LogP contribution in [0.4, 0.5) is 23.7 Å². The molecular formula is C21H17ClF3N5OS. The van der Waals surface area contributed by atoms with Gasteiger partial charge in [0.1, 0.15) is 10.8 Å². The van der Waals surface area contributed by atoms with Gasteiger partial charge in [-0.2, -0.15) is 13.2 Å². The highest BCUT2D eigenvalue weighted by Crippen LogP contribution is 2.45. The van der Waals surface area contributed by atoms with Gasteiger partial charge in [-0.05, 0) is 42.7 Å². The molecule has 0 bridgehead atoms. The highest BCUT2D eigenvalue weighted by molar-refractivity contribution is 7.13. The summed E-state index contributed by atoms with van der Waals surface area (Å²) in [7, 11) is 0. The maximum absolute atomic E-state index is 12.9. The topological polar surface area (TPSA) is 104 Å². The molecule has 11 heteroatoms. The highest BCUT2D eigenvalue weighted by atomic mass is 35.5. The molecule has 1 fully saturated rings. The summed E-state index contributed by atoms with van der Waals surface area (Å²) in [5.74, 6) is -0.0586. The predicted octanol–water partition coefficient (Wildman–Crippen LogP) is 5.58. The van der Waals surface area contributed by atoms with Crippen molar-refractivity contribution in [3.63, 3.8) is 0 Å². The van der Waals surface area contributed by atoms with Crippen molar-refractivity contribution < 1.29 is 18.0 Å². The minimum absolute atomic E-state index is 0.0586. The van der Waals surface area contributed by atoms with Gasteiger partial charge in [-0.1, -0.05) is 29.8 Å². The molecule has 0 atom stereocenters. The SMILES string of the molecule is N=C(N)c1cccc(C2(NC(=O)Nc3ccc(Cl)c(-c4nc(C(F)(F)F)cs4)c3)CC2)c1. The summed E-state index contributed by atoms with van der Waals surface area (Å²) >= 11 is 6.98. The third-order valence-corrected chi connectivity index (χ3v) is 6.28. The van der Waals surface area contributed by atoms with Gasteiger partial charge in [0, 0.05) is 22.2 Å². The van der Waals surface area contributed by atoms with Crippen LogP contribution in [0.1, 0.15) is 29.7 Å². The summed E-state index contributed by atoms with van der Waals surface area (Å²) in [6.45, 7) is 0. The lowest BCUT2D eigenvalue weighted by Gasteiger charge is -2.19. The van der Waals surface area contributed by atoms with E-state index in [2.05, 4.69) is 15.6 Å². The van der Waals surface area contributed by atoms with Crippen LogP contribution in [0.25, 0.3) is 10.6 Å². The molecule has 1 saturated carbocycles. The Labute approximate surface area is 190 Å². The number of rotatable bonds is 5. The lowest BCUT2D eigenvalue weighted by Crippen LogP contribution is -2.38. The molecule has 166 valence electrons. The summed E-state index contributed by atoms with van der Waals surface area (Å²) in [6.07, 6.45) is -3.09. The number of thiazole rings is 1. The lowest BCUT2D eigenvalue weighted by atomic mass is 10.0. The first-order valence-electron chi connectivity index (χ1n) is 9.44. The molecular weight excluding hydrogens is 463 g/mol. The molecule has 1 heterocycles. The highest BCUT2D eigenvalue weighted by Gasteiger charge is 2.46. The second-order valence-corrected chi connectivity index (χ2v) is 8.65. The molecule has 4 rings (SSSR count). The van der Waals surface area contributed by atoms with Crippen molar-refractivity contribution in [2.24, 2.45) is 5.73 Å². The van der Waals surface area contributed by atoms with Crippen molar-refractivity contribution in [1.82, 2.24) is 10.3 Å². The Balaban J connectivity index is 1.51. The van der Waals surface area contributed by atoms with Gasteiger partial charge >= 0.3 is 12.2 Å². The number of amides is 2. The van der Waals surface area contributed by atoms with Crippen LogP contribution in [-0.2, 0) is 11.7 Å². The molecule has 0 unspecified atom stereocenters. The quantitative estimate of drug-likeness (QED) is 0.284. The largest absolute Gasteiger partial charge is 0.434 e. The minimum Gasteiger partial charge on any atom is -0.384 e. The van der Waals surface area contributed by atoms with Gasteiger partial charge < -0.3 is 16.4 Å². The van der Waals surface area contributed by atoms with Crippen LogP contribution < -0.4 is 16.4 Å². The van der Waals surface area contributed by atoms with E-state index in [9.17, 15) is 18.0 Å². The van der Waals surface area contributed by atoms with Gasteiger partial charge in [-0.3, -0.25) is 5.41 Å². The van der Waals surface area contributed by atoms with Crippen molar-refractivity contribution in [3.05, 3.63) is 69.7 Å². The number of nitrogens with one attached hydrogen (secondary N) is 3. The maximum atomic E-state index is 12.9. The van der Waals surface area contributed by atoms with Gasteiger partial charge in [-0.25, -0.2) is 9.78 Å². The molecule has 6 nitrogen and oxygen atoms in total. The molecule has 0 radical (unpaired) electrons. The minimum atomic E-state index is -4.55. The zero-order chi connectivity index (χ0) is 23.1. The molecule has 1 aromatic heterocycles. The summed E-state index contributed by atoms with van der Waals surface area (Å²) in [5, 5.41) is 14.5. The predicted molar refractivity (Wildman–Crippen MR) is 118 cm³/mol. The number of nitrogen functional groups attached to an aromatic ring is 1. The van der Waals surface area contributed by atoms with Gasteiger partial charge in [0.2, 0.25) is 0 Å².